The SMILES string of the molecule is CN(C)C(=O)C(C(=O)N(C)C)N1CCCCC1. The van der Waals surface area contributed by atoms with E-state index in [1.54, 1.807) is 28.2 Å². The number of nitrogens with zero attached hydrogens (tertiary/aromatic N) is 3. The Bertz CT molecular complexity index is 263. The van der Waals surface area contributed by atoms with E-state index in [9.17, 15) is 9.59 Å². The Hall–Kier alpha value is -1.10. The van der Waals surface area contributed by atoms with Gasteiger partial charge in [-0.3, -0.25) is 14.5 Å². The summed E-state index contributed by atoms with van der Waals surface area (Å²) in [6.07, 6.45) is 3.32. The molecule has 0 aromatic heterocycles. The summed E-state index contributed by atoms with van der Waals surface area (Å²) < 4.78 is 0. The molecule has 5 heteroatoms. The van der Waals surface area contributed by atoms with Gasteiger partial charge in [0.05, 0.1) is 0 Å². The van der Waals surface area contributed by atoms with Crippen molar-refractivity contribution in [2.45, 2.75) is 25.3 Å². The molecule has 0 spiro atoms. The molecule has 0 N–H and O–H groups in total. The normalized spacial score (nSPS) is 17.0. The summed E-state index contributed by atoms with van der Waals surface area (Å²) in [6.45, 7) is 1.67. The van der Waals surface area contributed by atoms with Gasteiger partial charge < -0.3 is 9.80 Å². The second-order valence-electron chi connectivity index (χ2n) is 4.96. The van der Waals surface area contributed by atoms with Crippen molar-refractivity contribution < 1.29 is 9.59 Å². The second-order valence-corrected chi connectivity index (χ2v) is 4.96. The third-order valence-corrected chi connectivity index (χ3v) is 3.11. The maximum atomic E-state index is 12.1. The van der Waals surface area contributed by atoms with E-state index in [1.807, 2.05) is 4.90 Å². The molecule has 0 aromatic carbocycles. The Morgan fingerprint density at radius 1 is 0.882 bits per heavy atom. The van der Waals surface area contributed by atoms with Gasteiger partial charge in [-0.25, -0.2) is 0 Å². The number of hydrogen-bond acceptors (Lipinski definition) is 3. The summed E-state index contributed by atoms with van der Waals surface area (Å²) in [6, 6.07) is -0.639. The van der Waals surface area contributed by atoms with Crippen molar-refractivity contribution in [3.8, 4) is 0 Å². The highest BCUT2D eigenvalue weighted by atomic mass is 16.2. The number of piperidine rings is 1. The Balaban J connectivity index is 2.84. The smallest absolute Gasteiger partial charge is 0.249 e. The third-order valence-electron chi connectivity index (χ3n) is 3.11. The largest absolute Gasteiger partial charge is 0.347 e. The van der Waals surface area contributed by atoms with Gasteiger partial charge in [0, 0.05) is 28.2 Å². The molecule has 0 radical (unpaired) electrons. The maximum absolute atomic E-state index is 12.1. The van der Waals surface area contributed by atoms with Crippen LogP contribution in [0.1, 0.15) is 19.3 Å². The molecule has 1 fully saturated rings. The molecule has 0 aliphatic carbocycles. The minimum absolute atomic E-state index is 0.120. The summed E-state index contributed by atoms with van der Waals surface area (Å²) in [7, 11) is 6.79. The number of amides is 2. The molecule has 5 nitrogen and oxygen atoms in total. The molecule has 1 aliphatic rings. The molecule has 0 bridgehead atoms. The molecule has 0 atom stereocenters. The predicted octanol–water partition coefficient (Wildman–Crippen LogP) is 0.0173. The van der Waals surface area contributed by atoms with Crippen molar-refractivity contribution in [2.24, 2.45) is 0 Å². The number of likely N-dealkylation sites (N-methyl/N-ethyl adjacent to an activating group) is 2. The van der Waals surface area contributed by atoms with E-state index in [0.29, 0.717) is 0 Å². The van der Waals surface area contributed by atoms with Crippen LogP contribution in [-0.4, -0.2) is 73.8 Å². The summed E-state index contributed by atoms with van der Waals surface area (Å²) in [5.41, 5.74) is 0. The lowest BCUT2D eigenvalue weighted by Crippen LogP contribution is -2.55. The number of rotatable bonds is 3. The van der Waals surface area contributed by atoms with Gasteiger partial charge in [0.25, 0.3) is 0 Å². The van der Waals surface area contributed by atoms with Crippen LogP contribution in [0, 0.1) is 0 Å². The molecule has 17 heavy (non-hydrogen) atoms. The summed E-state index contributed by atoms with van der Waals surface area (Å²) in [5, 5.41) is 0. The van der Waals surface area contributed by atoms with Gasteiger partial charge in [-0.1, -0.05) is 6.42 Å². The van der Waals surface area contributed by atoms with Crippen molar-refractivity contribution in [3.05, 3.63) is 0 Å². The van der Waals surface area contributed by atoms with Crippen LogP contribution in [0.4, 0.5) is 0 Å². The predicted molar refractivity (Wildman–Crippen MR) is 66.6 cm³/mol. The zero-order valence-corrected chi connectivity index (χ0v) is 11.3. The lowest BCUT2D eigenvalue weighted by Gasteiger charge is -2.35. The summed E-state index contributed by atoms with van der Waals surface area (Å²) in [4.78, 5) is 29.3. The van der Waals surface area contributed by atoms with E-state index in [1.165, 1.54) is 16.2 Å². The molecular weight excluding hydrogens is 218 g/mol. The lowest BCUT2D eigenvalue weighted by atomic mass is 10.1. The molecule has 1 aliphatic heterocycles. The highest BCUT2D eigenvalue weighted by Gasteiger charge is 2.35. The monoisotopic (exact) mass is 241 g/mol. The summed E-state index contributed by atoms with van der Waals surface area (Å²) in [5.74, 6) is -0.240. The molecular formula is C12H23N3O2. The van der Waals surface area contributed by atoms with Crippen LogP contribution >= 0.6 is 0 Å². The van der Waals surface area contributed by atoms with Gasteiger partial charge >= 0.3 is 0 Å². The van der Waals surface area contributed by atoms with Gasteiger partial charge in [-0.15, -0.1) is 0 Å². The van der Waals surface area contributed by atoms with Crippen molar-refractivity contribution >= 4 is 11.8 Å². The fourth-order valence-electron chi connectivity index (χ4n) is 2.08. The van der Waals surface area contributed by atoms with Crippen LogP contribution in [0.2, 0.25) is 0 Å². The Morgan fingerprint density at radius 3 is 1.65 bits per heavy atom. The molecule has 1 heterocycles. The van der Waals surface area contributed by atoms with Crippen molar-refractivity contribution in [1.82, 2.24) is 14.7 Å². The number of hydrogen-bond donors (Lipinski definition) is 0. The molecule has 2 amide bonds. The molecule has 1 saturated heterocycles. The minimum Gasteiger partial charge on any atom is -0.347 e. The van der Waals surface area contributed by atoms with Crippen molar-refractivity contribution in [3.63, 3.8) is 0 Å². The van der Waals surface area contributed by atoms with Crippen LogP contribution in [0.25, 0.3) is 0 Å². The van der Waals surface area contributed by atoms with E-state index in [-0.39, 0.29) is 11.8 Å². The van der Waals surface area contributed by atoms with Crippen LogP contribution in [0.3, 0.4) is 0 Å². The summed E-state index contributed by atoms with van der Waals surface area (Å²) >= 11 is 0. The first-order chi connectivity index (χ1) is 7.95. The van der Waals surface area contributed by atoms with Gasteiger partial charge in [-0.05, 0) is 25.9 Å². The second kappa shape index (κ2) is 6.00. The quantitative estimate of drug-likeness (QED) is 0.654. The van der Waals surface area contributed by atoms with Crippen molar-refractivity contribution in [1.29, 1.82) is 0 Å². The standard InChI is InChI=1S/C12H23N3O2/c1-13(2)11(16)10(12(17)14(3)4)15-8-6-5-7-9-15/h10H,5-9H2,1-4H3. The van der Waals surface area contributed by atoms with E-state index >= 15 is 0 Å². The van der Waals surface area contributed by atoms with Gasteiger partial charge in [0.15, 0.2) is 6.04 Å². The average molecular weight is 241 g/mol. The molecule has 0 unspecified atom stereocenters. The number of likely N-dealkylation sites (tertiary alicyclic amines) is 1. The van der Waals surface area contributed by atoms with Crippen LogP contribution in [0.5, 0.6) is 0 Å². The first kappa shape index (κ1) is 14.0. The van der Waals surface area contributed by atoms with Crippen molar-refractivity contribution in [2.75, 3.05) is 41.3 Å². The third kappa shape index (κ3) is 3.43. The van der Waals surface area contributed by atoms with Gasteiger partial charge in [0.1, 0.15) is 0 Å². The molecule has 0 aromatic rings. The highest BCUT2D eigenvalue weighted by Crippen LogP contribution is 2.14. The van der Waals surface area contributed by atoms with Gasteiger partial charge in [0.2, 0.25) is 11.8 Å². The Kier molecular flexibility index (Phi) is 4.93. The zero-order valence-electron chi connectivity index (χ0n) is 11.3. The topological polar surface area (TPSA) is 43.9 Å². The fourth-order valence-corrected chi connectivity index (χ4v) is 2.08. The van der Waals surface area contributed by atoms with E-state index < -0.39 is 6.04 Å². The first-order valence-electron chi connectivity index (χ1n) is 6.11. The Morgan fingerprint density at radius 2 is 1.29 bits per heavy atom. The molecule has 98 valence electrons. The van der Waals surface area contributed by atoms with E-state index in [0.717, 1.165) is 25.9 Å². The average Bonchev–Trinajstić information content (AvgIpc) is 2.30. The van der Waals surface area contributed by atoms with Crippen LogP contribution in [-0.2, 0) is 9.59 Å². The molecule has 1 rings (SSSR count). The lowest BCUT2D eigenvalue weighted by molar-refractivity contribution is -0.147. The van der Waals surface area contributed by atoms with Crippen LogP contribution in [0.15, 0.2) is 0 Å². The van der Waals surface area contributed by atoms with E-state index in [2.05, 4.69) is 0 Å². The van der Waals surface area contributed by atoms with E-state index in [4.69, 9.17) is 0 Å². The van der Waals surface area contributed by atoms with Crippen LogP contribution < -0.4 is 0 Å². The first-order valence-corrected chi connectivity index (χ1v) is 6.11. The highest BCUT2D eigenvalue weighted by molar-refractivity contribution is 6.04. The fraction of sp³-hybridized carbons (Fsp3) is 0.833. The zero-order chi connectivity index (χ0) is 13.0. The number of carbonyl (C=O) groups excluding carboxylic acids is 2. The Labute approximate surface area is 103 Å². The van der Waals surface area contributed by atoms with Gasteiger partial charge in [-0.2, -0.15) is 0 Å². The minimum atomic E-state index is -0.639. The number of carbonyl (C=O) groups is 2. The molecule has 0 saturated carbocycles. The maximum Gasteiger partial charge on any atom is 0.249 e.